The molecule has 6 nitrogen and oxygen atoms in total. The van der Waals surface area contributed by atoms with Gasteiger partial charge in [-0.1, -0.05) is 0 Å². The second kappa shape index (κ2) is 6.24. The Morgan fingerprint density at radius 3 is 2.60 bits per heavy atom. The second-order valence-corrected chi connectivity index (χ2v) is 7.58. The van der Waals surface area contributed by atoms with Gasteiger partial charge in [0.1, 0.15) is 0 Å². The van der Waals surface area contributed by atoms with E-state index in [2.05, 4.69) is 10.3 Å². The van der Waals surface area contributed by atoms with Crippen molar-refractivity contribution in [2.45, 2.75) is 37.8 Å². The van der Waals surface area contributed by atoms with Crippen molar-refractivity contribution in [3.05, 3.63) is 12.5 Å². The topological polar surface area (TPSA) is 67.2 Å². The lowest BCUT2D eigenvalue weighted by Gasteiger charge is -2.31. The van der Waals surface area contributed by atoms with Gasteiger partial charge in [0.05, 0.1) is 6.33 Å². The van der Waals surface area contributed by atoms with Crippen LogP contribution in [0.1, 0.15) is 26.7 Å². The highest BCUT2D eigenvalue weighted by Crippen LogP contribution is 2.21. The van der Waals surface area contributed by atoms with Crippen LogP contribution in [-0.2, 0) is 17.1 Å². The van der Waals surface area contributed by atoms with Gasteiger partial charge in [0.25, 0.3) is 10.0 Å². The molecule has 1 aromatic rings. The van der Waals surface area contributed by atoms with Crippen molar-refractivity contribution >= 4 is 10.0 Å². The van der Waals surface area contributed by atoms with Gasteiger partial charge in [-0.15, -0.1) is 0 Å². The quantitative estimate of drug-likeness (QED) is 0.874. The van der Waals surface area contributed by atoms with Crippen LogP contribution in [0.5, 0.6) is 0 Å². The van der Waals surface area contributed by atoms with E-state index in [1.54, 1.807) is 22.1 Å². The van der Waals surface area contributed by atoms with Crippen LogP contribution in [0.25, 0.3) is 0 Å². The van der Waals surface area contributed by atoms with Crippen LogP contribution in [0.2, 0.25) is 0 Å². The molecule has 1 saturated heterocycles. The maximum Gasteiger partial charge on any atom is 0.262 e. The summed E-state index contributed by atoms with van der Waals surface area (Å²) in [4.78, 5) is 4.00. The highest BCUT2D eigenvalue weighted by atomic mass is 32.2. The summed E-state index contributed by atoms with van der Waals surface area (Å²) in [5.41, 5.74) is 0. The summed E-state index contributed by atoms with van der Waals surface area (Å²) in [6.07, 6.45) is 5.14. The fraction of sp³-hybridized carbons (Fsp3) is 0.769. The molecule has 2 rings (SSSR count). The van der Waals surface area contributed by atoms with Crippen LogP contribution in [0, 0.1) is 5.92 Å². The summed E-state index contributed by atoms with van der Waals surface area (Å²) in [6.45, 7) is 6.36. The second-order valence-electron chi connectivity index (χ2n) is 5.74. The smallest absolute Gasteiger partial charge is 0.262 e. The first kappa shape index (κ1) is 15.5. The number of hydrogen-bond donors (Lipinski definition) is 1. The average molecular weight is 300 g/mol. The lowest BCUT2D eigenvalue weighted by molar-refractivity contribution is 0.260. The molecule has 0 amide bonds. The summed E-state index contributed by atoms with van der Waals surface area (Å²) in [7, 11) is -1.72. The first-order valence-electron chi connectivity index (χ1n) is 7.12. The SMILES string of the molecule is CC(C)N(CC1CCNCC1)S(=O)(=O)c1cn(C)cn1. The van der Waals surface area contributed by atoms with Crippen LogP contribution in [0.3, 0.4) is 0 Å². The average Bonchev–Trinajstić information content (AvgIpc) is 2.84. The zero-order chi connectivity index (χ0) is 14.8. The fourth-order valence-electron chi connectivity index (χ4n) is 2.55. The third kappa shape index (κ3) is 3.39. The zero-order valence-electron chi connectivity index (χ0n) is 12.4. The van der Waals surface area contributed by atoms with E-state index in [1.165, 1.54) is 6.33 Å². The summed E-state index contributed by atoms with van der Waals surface area (Å²) >= 11 is 0. The Hall–Kier alpha value is -0.920. The number of aromatic nitrogens is 2. The van der Waals surface area contributed by atoms with E-state index in [9.17, 15) is 8.42 Å². The molecular weight excluding hydrogens is 276 g/mol. The molecule has 0 radical (unpaired) electrons. The van der Waals surface area contributed by atoms with Gasteiger partial charge in [0.2, 0.25) is 0 Å². The van der Waals surface area contributed by atoms with E-state index >= 15 is 0 Å². The van der Waals surface area contributed by atoms with Gasteiger partial charge in [-0.3, -0.25) is 0 Å². The van der Waals surface area contributed by atoms with Crippen molar-refractivity contribution < 1.29 is 8.42 Å². The Labute approximate surface area is 121 Å². The van der Waals surface area contributed by atoms with Gasteiger partial charge in [0.15, 0.2) is 5.03 Å². The zero-order valence-corrected chi connectivity index (χ0v) is 13.2. The lowest BCUT2D eigenvalue weighted by atomic mass is 9.98. The number of hydrogen-bond acceptors (Lipinski definition) is 4. The predicted octanol–water partition coefficient (Wildman–Crippen LogP) is 0.819. The van der Waals surface area contributed by atoms with Crippen LogP contribution < -0.4 is 5.32 Å². The molecular formula is C13H24N4O2S. The van der Waals surface area contributed by atoms with E-state index in [-0.39, 0.29) is 11.1 Å². The standard InChI is InChI=1S/C13H24N4O2S/c1-11(2)17(8-12-4-6-14-7-5-12)20(18,19)13-9-16(3)10-15-13/h9-12,14H,4-8H2,1-3H3. The lowest BCUT2D eigenvalue weighted by Crippen LogP contribution is -2.43. The highest BCUT2D eigenvalue weighted by Gasteiger charge is 2.31. The molecule has 1 aliphatic rings. The third-order valence-electron chi connectivity index (χ3n) is 3.73. The molecule has 20 heavy (non-hydrogen) atoms. The molecule has 0 aromatic carbocycles. The van der Waals surface area contributed by atoms with Crippen molar-refractivity contribution in [3.63, 3.8) is 0 Å². The summed E-state index contributed by atoms with van der Waals surface area (Å²) in [6, 6.07) is -0.0584. The molecule has 1 aromatic heterocycles. The maximum atomic E-state index is 12.7. The van der Waals surface area contributed by atoms with Crippen LogP contribution in [0.15, 0.2) is 17.6 Å². The molecule has 0 aliphatic carbocycles. The normalized spacial score (nSPS) is 18.1. The Morgan fingerprint density at radius 1 is 1.45 bits per heavy atom. The number of aryl methyl sites for hydroxylation is 1. The molecule has 0 saturated carbocycles. The van der Waals surface area contributed by atoms with Crippen LogP contribution >= 0.6 is 0 Å². The number of rotatable bonds is 5. The minimum atomic E-state index is -3.50. The third-order valence-corrected chi connectivity index (χ3v) is 5.65. The van der Waals surface area contributed by atoms with E-state index in [0.29, 0.717) is 12.5 Å². The van der Waals surface area contributed by atoms with Crippen molar-refractivity contribution in [1.82, 2.24) is 19.2 Å². The first-order chi connectivity index (χ1) is 9.41. The molecule has 1 fully saturated rings. The van der Waals surface area contributed by atoms with Crippen LogP contribution in [-0.4, -0.2) is 48.0 Å². The Kier molecular flexibility index (Phi) is 4.82. The monoisotopic (exact) mass is 300 g/mol. The van der Waals surface area contributed by atoms with Crippen molar-refractivity contribution in [2.75, 3.05) is 19.6 Å². The molecule has 0 spiro atoms. The summed E-state index contributed by atoms with van der Waals surface area (Å²) in [5, 5.41) is 3.45. The van der Waals surface area contributed by atoms with E-state index in [0.717, 1.165) is 25.9 Å². The van der Waals surface area contributed by atoms with Crippen LogP contribution in [0.4, 0.5) is 0 Å². The number of piperidine rings is 1. The van der Waals surface area contributed by atoms with Crippen molar-refractivity contribution in [3.8, 4) is 0 Å². The molecule has 1 N–H and O–H groups in total. The van der Waals surface area contributed by atoms with Gasteiger partial charge >= 0.3 is 0 Å². The van der Waals surface area contributed by atoms with Gasteiger partial charge in [-0.05, 0) is 45.7 Å². The van der Waals surface area contributed by atoms with Gasteiger partial charge in [-0.2, -0.15) is 4.31 Å². The highest BCUT2D eigenvalue weighted by molar-refractivity contribution is 7.89. The Morgan fingerprint density at radius 2 is 2.10 bits per heavy atom. The minimum Gasteiger partial charge on any atom is -0.339 e. The molecule has 0 unspecified atom stereocenters. The number of nitrogens with one attached hydrogen (secondary N) is 1. The Balaban J connectivity index is 2.19. The minimum absolute atomic E-state index is 0.0584. The molecule has 114 valence electrons. The van der Waals surface area contributed by atoms with Gasteiger partial charge in [0, 0.05) is 25.8 Å². The summed E-state index contributed by atoms with van der Waals surface area (Å²) in [5.74, 6) is 0.428. The Bertz CT molecular complexity index is 532. The van der Waals surface area contributed by atoms with Gasteiger partial charge in [-0.25, -0.2) is 13.4 Å². The predicted molar refractivity (Wildman–Crippen MR) is 77.8 cm³/mol. The molecule has 7 heteroatoms. The molecule has 2 heterocycles. The van der Waals surface area contributed by atoms with Crippen molar-refractivity contribution in [1.29, 1.82) is 0 Å². The van der Waals surface area contributed by atoms with E-state index in [4.69, 9.17) is 0 Å². The van der Waals surface area contributed by atoms with Crippen molar-refractivity contribution in [2.24, 2.45) is 13.0 Å². The van der Waals surface area contributed by atoms with E-state index in [1.807, 2.05) is 13.8 Å². The van der Waals surface area contributed by atoms with Gasteiger partial charge < -0.3 is 9.88 Å². The molecule has 0 atom stereocenters. The maximum absolute atomic E-state index is 12.7. The number of nitrogens with zero attached hydrogens (tertiary/aromatic N) is 3. The molecule has 0 bridgehead atoms. The molecule has 1 aliphatic heterocycles. The largest absolute Gasteiger partial charge is 0.339 e. The van der Waals surface area contributed by atoms with E-state index < -0.39 is 10.0 Å². The number of sulfonamides is 1. The number of imidazole rings is 1. The summed E-state index contributed by atoms with van der Waals surface area (Å²) < 4.78 is 28.6. The first-order valence-corrected chi connectivity index (χ1v) is 8.56. The fourth-order valence-corrected chi connectivity index (χ4v) is 4.23.